The van der Waals surface area contributed by atoms with E-state index >= 15 is 0 Å². The molecule has 0 bridgehead atoms. The van der Waals surface area contributed by atoms with Crippen molar-refractivity contribution >= 4 is 24.0 Å². The molecule has 20 heavy (non-hydrogen) atoms. The van der Waals surface area contributed by atoms with Crippen LogP contribution in [-0.4, -0.2) is 6.04 Å². The molecule has 2 atom stereocenters. The van der Waals surface area contributed by atoms with Gasteiger partial charge in [-0.1, -0.05) is 50.9 Å². The third-order valence-corrected chi connectivity index (χ3v) is 5.39. The summed E-state index contributed by atoms with van der Waals surface area (Å²) in [4.78, 5) is 0. The van der Waals surface area contributed by atoms with Gasteiger partial charge in [-0.3, -0.25) is 0 Å². The Balaban J connectivity index is 0.00000200. The first kappa shape index (κ1) is 17.8. The molecular weight excluding hydrogens is 289 g/mol. The van der Waals surface area contributed by atoms with E-state index in [9.17, 15) is 0 Å². The van der Waals surface area contributed by atoms with Gasteiger partial charge in [0.15, 0.2) is 0 Å². The summed E-state index contributed by atoms with van der Waals surface area (Å²) in [5.74, 6) is 1.38. The van der Waals surface area contributed by atoms with Crippen molar-refractivity contribution < 1.29 is 0 Å². The van der Waals surface area contributed by atoms with Crippen molar-refractivity contribution in [3.05, 3.63) is 34.9 Å². The highest BCUT2D eigenvalue weighted by Gasteiger charge is 2.44. The normalized spacial score (nSPS) is 19.9. The zero-order chi connectivity index (χ0) is 14.0. The first-order valence-corrected chi connectivity index (χ1v) is 7.85. The highest BCUT2D eigenvalue weighted by atomic mass is 35.5. The zero-order valence-electron chi connectivity index (χ0n) is 12.7. The molecule has 114 valence electrons. The van der Waals surface area contributed by atoms with E-state index in [0.717, 1.165) is 11.4 Å². The molecule has 0 radical (unpaired) electrons. The molecule has 0 saturated heterocycles. The summed E-state index contributed by atoms with van der Waals surface area (Å²) in [5, 5.41) is 0.808. The maximum atomic E-state index is 6.59. The van der Waals surface area contributed by atoms with Crippen molar-refractivity contribution in [2.75, 3.05) is 0 Å². The molecular formula is C17H27Cl2N. The Kier molecular flexibility index (Phi) is 6.37. The van der Waals surface area contributed by atoms with Gasteiger partial charge in [-0.2, -0.15) is 0 Å². The Hall–Kier alpha value is -0.240. The third-order valence-electron chi connectivity index (χ3n) is 5.14. The highest BCUT2D eigenvalue weighted by Crippen LogP contribution is 2.47. The van der Waals surface area contributed by atoms with Gasteiger partial charge in [0, 0.05) is 16.5 Å². The van der Waals surface area contributed by atoms with Crippen LogP contribution in [0.25, 0.3) is 0 Å². The van der Waals surface area contributed by atoms with Gasteiger partial charge in [-0.05, 0) is 48.8 Å². The summed E-state index contributed by atoms with van der Waals surface area (Å²) < 4.78 is 0. The predicted octanol–water partition coefficient (Wildman–Crippen LogP) is 5.19. The van der Waals surface area contributed by atoms with E-state index in [1.54, 1.807) is 0 Å². The first-order chi connectivity index (χ1) is 8.95. The second-order valence-corrected chi connectivity index (χ2v) is 7.02. The van der Waals surface area contributed by atoms with E-state index in [4.69, 9.17) is 17.3 Å². The quantitative estimate of drug-likeness (QED) is 0.794. The average Bonchev–Trinajstić information content (AvgIpc) is 2.30. The highest BCUT2D eigenvalue weighted by molar-refractivity contribution is 6.30. The summed E-state index contributed by atoms with van der Waals surface area (Å²) in [7, 11) is 0. The lowest BCUT2D eigenvalue weighted by Gasteiger charge is -2.48. The summed E-state index contributed by atoms with van der Waals surface area (Å²) >= 11 is 6.00. The Bertz CT molecular complexity index is 410. The Morgan fingerprint density at radius 1 is 1.15 bits per heavy atom. The molecule has 1 aliphatic rings. The van der Waals surface area contributed by atoms with Crippen molar-refractivity contribution in [2.24, 2.45) is 17.6 Å². The average molecular weight is 316 g/mol. The molecule has 3 heteroatoms. The van der Waals surface area contributed by atoms with Gasteiger partial charge < -0.3 is 5.73 Å². The molecule has 1 aliphatic carbocycles. The molecule has 0 spiro atoms. The number of hydrogen-bond acceptors (Lipinski definition) is 1. The second-order valence-electron chi connectivity index (χ2n) is 6.58. The van der Waals surface area contributed by atoms with Gasteiger partial charge >= 0.3 is 0 Å². The van der Waals surface area contributed by atoms with Gasteiger partial charge in [-0.15, -0.1) is 12.4 Å². The minimum Gasteiger partial charge on any atom is -0.327 e. The van der Waals surface area contributed by atoms with Crippen LogP contribution in [0.4, 0.5) is 0 Å². The monoisotopic (exact) mass is 315 g/mol. The van der Waals surface area contributed by atoms with E-state index in [0.29, 0.717) is 11.8 Å². The largest absolute Gasteiger partial charge is 0.327 e. The molecule has 0 amide bonds. The van der Waals surface area contributed by atoms with Crippen LogP contribution < -0.4 is 5.73 Å². The molecule has 2 rings (SSSR count). The molecule has 1 fully saturated rings. The number of halogens is 2. The Morgan fingerprint density at radius 3 is 2.10 bits per heavy atom. The minimum atomic E-state index is 0. The predicted molar refractivity (Wildman–Crippen MR) is 90.8 cm³/mol. The molecule has 1 saturated carbocycles. The van der Waals surface area contributed by atoms with Crippen LogP contribution >= 0.6 is 24.0 Å². The molecule has 2 unspecified atom stereocenters. The van der Waals surface area contributed by atoms with Crippen LogP contribution in [-0.2, 0) is 5.41 Å². The fraction of sp³-hybridized carbons (Fsp3) is 0.647. The van der Waals surface area contributed by atoms with E-state index in [1.807, 2.05) is 12.1 Å². The number of hydrogen-bond donors (Lipinski definition) is 1. The third kappa shape index (κ3) is 3.50. The number of rotatable bonds is 5. The summed E-state index contributed by atoms with van der Waals surface area (Å²) in [6, 6.07) is 8.59. The SMILES string of the molecule is CC(C)C(C)CC(N)C1(c2ccc(Cl)cc2)CCC1.Cl. The summed E-state index contributed by atoms with van der Waals surface area (Å²) in [6.45, 7) is 6.89. The van der Waals surface area contributed by atoms with Crippen molar-refractivity contribution in [3.63, 3.8) is 0 Å². The van der Waals surface area contributed by atoms with Crippen LogP contribution in [0.3, 0.4) is 0 Å². The number of benzene rings is 1. The van der Waals surface area contributed by atoms with E-state index < -0.39 is 0 Å². The van der Waals surface area contributed by atoms with Crippen LogP contribution in [0.15, 0.2) is 24.3 Å². The lowest BCUT2D eigenvalue weighted by molar-refractivity contribution is 0.167. The zero-order valence-corrected chi connectivity index (χ0v) is 14.3. The Labute approximate surface area is 134 Å². The molecule has 0 aromatic heterocycles. The molecule has 0 heterocycles. The lowest BCUT2D eigenvalue weighted by atomic mass is 9.59. The Morgan fingerprint density at radius 2 is 1.70 bits per heavy atom. The molecule has 0 aliphatic heterocycles. The molecule has 1 nitrogen and oxygen atoms in total. The van der Waals surface area contributed by atoms with Crippen LogP contribution in [0, 0.1) is 11.8 Å². The fourth-order valence-corrected chi connectivity index (χ4v) is 3.24. The van der Waals surface area contributed by atoms with Crippen LogP contribution in [0.2, 0.25) is 5.02 Å². The van der Waals surface area contributed by atoms with Gasteiger partial charge in [0.1, 0.15) is 0 Å². The van der Waals surface area contributed by atoms with Crippen molar-refractivity contribution in [1.29, 1.82) is 0 Å². The van der Waals surface area contributed by atoms with Crippen molar-refractivity contribution in [2.45, 2.75) is 57.9 Å². The molecule has 1 aromatic rings. The van der Waals surface area contributed by atoms with Gasteiger partial charge in [-0.25, -0.2) is 0 Å². The maximum Gasteiger partial charge on any atom is 0.0406 e. The van der Waals surface area contributed by atoms with E-state index in [1.165, 1.54) is 24.8 Å². The fourth-order valence-electron chi connectivity index (χ4n) is 3.11. The first-order valence-electron chi connectivity index (χ1n) is 7.47. The minimum absolute atomic E-state index is 0. The summed E-state index contributed by atoms with van der Waals surface area (Å²) in [6.07, 6.45) is 4.86. The van der Waals surface area contributed by atoms with Crippen molar-refractivity contribution in [3.8, 4) is 0 Å². The van der Waals surface area contributed by atoms with Crippen molar-refractivity contribution in [1.82, 2.24) is 0 Å². The van der Waals surface area contributed by atoms with Gasteiger partial charge in [0.2, 0.25) is 0 Å². The van der Waals surface area contributed by atoms with Crippen LogP contribution in [0.1, 0.15) is 52.0 Å². The molecule has 1 aromatic carbocycles. The number of nitrogens with two attached hydrogens (primary N) is 1. The van der Waals surface area contributed by atoms with Gasteiger partial charge in [0.05, 0.1) is 0 Å². The second kappa shape index (κ2) is 7.15. The lowest BCUT2D eigenvalue weighted by Crippen LogP contribution is -2.51. The smallest absolute Gasteiger partial charge is 0.0406 e. The topological polar surface area (TPSA) is 26.0 Å². The van der Waals surface area contributed by atoms with E-state index in [-0.39, 0.29) is 23.9 Å². The molecule has 2 N–H and O–H groups in total. The standard InChI is InChI=1S/C17H26ClN.ClH/c1-12(2)13(3)11-16(19)17(9-4-10-17)14-5-7-15(18)8-6-14;/h5-8,12-13,16H,4,9-11,19H2,1-3H3;1H. The maximum absolute atomic E-state index is 6.59. The summed E-state index contributed by atoms with van der Waals surface area (Å²) in [5.41, 5.74) is 8.17. The van der Waals surface area contributed by atoms with Gasteiger partial charge in [0.25, 0.3) is 0 Å². The van der Waals surface area contributed by atoms with Crippen LogP contribution in [0.5, 0.6) is 0 Å². The van der Waals surface area contributed by atoms with E-state index in [2.05, 4.69) is 32.9 Å².